The lowest BCUT2D eigenvalue weighted by Crippen LogP contribution is -2.16. The van der Waals surface area contributed by atoms with Gasteiger partial charge in [0.05, 0.1) is 16.2 Å². The number of aryl methyl sites for hydroxylation is 1. The fourth-order valence-corrected chi connectivity index (χ4v) is 1.69. The molecule has 8 heteroatoms. The number of aromatic nitrogens is 2. The van der Waals surface area contributed by atoms with Gasteiger partial charge >= 0.3 is 17.2 Å². The van der Waals surface area contributed by atoms with Crippen molar-refractivity contribution in [3.63, 3.8) is 0 Å². The van der Waals surface area contributed by atoms with E-state index in [-0.39, 0.29) is 11.3 Å². The van der Waals surface area contributed by atoms with Crippen LogP contribution in [-0.2, 0) is 0 Å². The summed E-state index contributed by atoms with van der Waals surface area (Å²) in [6.07, 6.45) is 0. The third kappa shape index (κ3) is 2.10. The number of benzene rings is 1. The number of nitrogens with zero attached hydrogens (tertiary/aromatic N) is 2. The first-order valence-corrected chi connectivity index (χ1v) is 5.21. The van der Waals surface area contributed by atoms with E-state index < -0.39 is 22.1 Å². The van der Waals surface area contributed by atoms with Crippen molar-refractivity contribution in [2.75, 3.05) is 0 Å². The second-order valence-electron chi connectivity index (χ2n) is 3.84. The maximum Gasteiger partial charge on any atom is 0.356 e. The molecule has 2 rings (SSSR count). The molecule has 0 radical (unpaired) electrons. The molecule has 2 N–H and O–H groups in total. The number of carboxylic acids is 1. The largest absolute Gasteiger partial charge is 0.478 e. The summed E-state index contributed by atoms with van der Waals surface area (Å²) < 4.78 is 0.999. The molecule has 0 amide bonds. The highest BCUT2D eigenvalue weighted by Crippen LogP contribution is 2.13. The van der Waals surface area contributed by atoms with E-state index in [1.165, 1.54) is 31.2 Å². The average Bonchev–Trinajstić information content (AvgIpc) is 2.65. The van der Waals surface area contributed by atoms with Gasteiger partial charge in [0.15, 0.2) is 0 Å². The number of aromatic carboxylic acids is 1. The lowest BCUT2D eigenvalue weighted by molar-refractivity contribution is -0.386. The summed E-state index contributed by atoms with van der Waals surface area (Å²) in [5, 5.41) is 22.1. The quantitative estimate of drug-likeness (QED) is 0.634. The van der Waals surface area contributed by atoms with Gasteiger partial charge in [0.2, 0.25) is 0 Å². The molecule has 0 spiro atoms. The zero-order valence-corrected chi connectivity index (χ0v) is 9.78. The minimum atomic E-state index is -1.09. The van der Waals surface area contributed by atoms with Crippen LogP contribution >= 0.6 is 0 Å². The predicted octanol–water partition coefficient (Wildman–Crippen LogP) is 1.08. The molecule has 0 atom stereocenters. The lowest BCUT2D eigenvalue weighted by Gasteiger charge is -2.01. The fraction of sp³-hybridized carbons (Fsp3) is 0.0909. The summed E-state index contributed by atoms with van der Waals surface area (Å²) in [5.74, 6) is -1.09. The average molecular weight is 263 g/mol. The second kappa shape index (κ2) is 4.41. The van der Waals surface area contributed by atoms with Gasteiger partial charge in [0.25, 0.3) is 0 Å². The van der Waals surface area contributed by atoms with Crippen LogP contribution in [-0.4, -0.2) is 25.8 Å². The Morgan fingerprint density at radius 3 is 2.37 bits per heavy atom. The Bertz CT molecular complexity index is 711. The smallest absolute Gasteiger partial charge is 0.356 e. The molecule has 0 saturated carbocycles. The maximum atomic E-state index is 11.8. The fourth-order valence-electron chi connectivity index (χ4n) is 1.69. The first-order valence-electron chi connectivity index (χ1n) is 5.21. The number of nitro groups is 1. The number of nitrogens with one attached hydrogen (secondary N) is 1. The van der Waals surface area contributed by atoms with Crippen LogP contribution in [0.5, 0.6) is 0 Å². The zero-order chi connectivity index (χ0) is 14.2. The molecule has 0 aliphatic carbocycles. The van der Waals surface area contributed by atoms with Crippen LogP contribution in [0.4, 0.5) is 5.69 Å². The monoisotopic (exact) mass is 263 g/mol. The van der Waals surface area contributed by atoms with Crippen molar-refractivity contribution < 1.29 is 14.8 Å². The van der Waals surface area contributed by atoms with Gasteiger partial charge in [0.1, 0.15) is 5.69 Å². The van der Waals surface area contributed by atoms with E-state index in [1.54, 1.807) is 0 Å². The minimum Gasteiger partial charge on any atom is -0.478 e. The summed E-state index contributed by atoms with van der Waals surface area (Å²) in [6, 6.07) is 5.41. The standard InChI is InChI=1S/C11H9N3O5/c1-6-9(14(18)19)10(15)13(12-6)8-4-2-7(3-5-8)11(16)17/h2-5,12H,1H3,(H,16,17). The molecule has 0 saturated heterocycles. The van der Waals surface area contributed by atoms with Crippen molar-refractivity contribution in [1.82, 2.24) is 9.78 Å². The van der Waals surface area contributed by atoms with Crippen LogP contribution in [0.3, 0.4) is 0 Å². The topological polar surface area (TPSA) is 118 Å². The molecule has 0 bridgehead atoms. The third-order valence-corrected chi connectivity index (χ3v) is 2.60. The van der Waals surface area contributed by atoms with Crippen LogP contribution in [0.2, 0.25) is 0 Å². The molecule has 1 aromatic carbocycles. The Hall–Kier alpha value is -2.90. The SMILES string of the molecule is Cc1[nH]n(-c2ccc(C(=O)O)cc2)c(=O)c1[N+](=O)[O-]. The minimum absolute atomic E-state index is 0.0644. The molecule has 2 aromatic rings. The van der Waals surface area contributed by atoms with Crippen molar-refractivity contribution in [2.24, 2.45) is 0 Å². The van der Waals surface area contributed by atoms with Gasteiger partial charge < -0.3 is 5.11 Å². The van der Waals surface area contributed by atoms with Crippen molar-refractivity contribution >= 4 is 11.7 Å². The summed E-state index contributed by atoms with van der Waals surface area (Å²) in [5.41, 5.74) is -0.786. The molecule has 0 fully saturated rings. The highest BCUT2D eigenvalue weighted by atomic mass is 16.6. The highest BCUT2D eigenvalue weighted by Gasteiger charge is 2.22. The lowest BCUT2D eigenvalue weighted by atomic mass is 10.2. The molecule has 19 heavy (non-hydrogen) atoms. The molecule has 0 aliphatic heterocycles. The van der Waals surface area contributed by atoms with Crippen molar-refractivity contribution in [2.45, 2.75) is 6.92 Å². The summed E-state index contributed by atoms with van der Waals surface area (Å²) in [6.45, 7) is 1.42. The maximum absolute atomic E-state index is 11.8. The Morgan fingerprint density at radius 2 is 1.95 bits per heavy atom. The second-order valence-corrected chi connectivity index (χ2v) is 3.84. The molecule has 1 heterocycles. The van der Waals surface area contributed by atoms with Gasteiger partial charge in [-0.05, 0) is 31.2 Å². The van der Waals surface area contributed by atoms with Crippen LogP contribution in [0.15, 0.2) is 29.1 Å². The normalized spacial score (nSPS) is 10.4. The molecule has 8 nitrogen and oxygen atoms in total. The van der Waals surface area contributed by atoms with E-state index in [0.29, 0.717) is 5.69 Å². The number of hydrogen-bond donors (Lipinski definition) is 2. The number of H-pyrrole nitrogens is 1. The molecule has 0 aliphatic rings. The van der Waals surface area contributed by atoms with Gasteiger partial charge in [-0.1, -0.05) is 0 Å². The van der Waals surface area contributed by atoms with Gasteiger partial charge in [-0.2, -0.15) is 0 Å². The zero-order valence-electron chi connectivity index (χ0n) is 9.78. The Labute approximate surface area is 106 Å². The Morgan fingerprint density at radius 1 is 1.37 bits per heavy atom. The van der Waals surface area contributed by atoms with Gasteiger partial charge in [0, 0.05) is 0 Å². The van der Waals surface area contributed by atoms with E-state index in [1.807, 2.05) is 0 Å². The number of aromatic amines is 1. The van der Waals surface area contributed by atoms with Crippen molar-refractivity contribution in [3.8, 4) is 5.69 Å². The third-order valence-electron chi connectivity index (χ3n) is 2.60. The molecule has 1 aromatic heterocycles. The molecule has 0 unspecified atom stereocenters. The van der Waals surface area contributed by atoms with E-state index in [2.05, 4.69) is 5.10 Å². The van der Waals surface area contributed by atoms with Gasteiger partial charge in [-0.3, -0.25) is 20.0 Å². The number of rotatable bonds is 3. The number of carboxylic acid groups (broad SMARTS) is 1. The van der Waals surface area contributed by atoms with E-state index in [9.17, 15) is 19.7 Å². The summed E-state index contributed by atoms with van der Waals surface area (Å²) in [4.78, 5) is 32.5. The first-order chi connectivity index (χ1) is 8.91. The van der Waals surface area contributed by atoms with E-state index in [4.69, 9.17) is 5.11 Å². The van der Waals surface area contributed by atoms with Crippen molar-refractivity contribution in [1.29, 1.82) is 0 Å². The Kier molecular flexibility index (Phi) is 2.91. The predicted molar refractivity (Wildman–Crippen MR) is 64.7 cm³/mol. The van der Waals surface area contributed by atoms with E-state index >= 15 is 0 Å². The highest BCUT2D eigenvalue weighted by molar-refractivity contribution is 5.87. The first kappa shape index (κ1) is 12.6. The van der Waals surface area contributed by atoms with Crippen LogP contribution in [0, 0.1) is 17.0 Å². The molecular weight excluding hydrogens is 254 g/mol. The number of hydrogen-bond acceptors (Lipinski definition) is 4. The van der Waals surface area contributed by atoms with Crippen molar-refractivity contribution in [3.05, 3.63) is 56.0 Å². The summed E-state index contributed by atoms with van der Waals surface area (Å²) >= 11 is 0. The van der Waals surface area contributed by atoms with Crippen LogP contribution in [0.25, 0.3) is 5.69 Å². The van der Waals surface area contributed by atoms with E-state index in [0.717, 1.165) is 4.68 Å². The molecule has 98 valence electrons. The van der Waals surface area contributed by atoms with Crippen LogP contribution < -0.4 is 5.56 Å². The molecular formula is C11H9N3O5. The van der Waals surface area contributed by atoms with Crippen LogP contribution in [0.1, 0.15) is 16.1 Å². The van der Waals surface area contributed by atoms with Gasteiger partial charge in [-0.15, -0.1) is 0 Å². The number of carbonyl (C=O) groups is 1. The van der Waals surface area contributed by atoms with Gasteiger partial charge in [-0.25, -0.2) is 9.48 Å². The Balaban J connectivity index is 2.54. The summed E-state index contributed by atoms with van der Waals surface area (Å²) in [7, 11) is 0.